The Balaban J connectivity index is -0.0000000932. The number of nitrogens with zero attached hydrogens (tertiary/aromatic N) is 3. The molecule has 11 unspecified atom stereocenters. The van der Waals surface area contributed by atoms with E-state index in [0.29, 0.717) is 28.5 Å². The minimum atomic E-state index is -1.81. The van der Waals surface area contributed by atoms with Crippen LogP contribution >= 0.6 is 51.7 Å². The molecule has 2 aliphatic rings. The summed E-state index contributed by atoms with van der Waals surface area (Å²) in [5.74, 6) is 0. The number of aromatic amines is 2. The summed E-state index contributed by atoms with van der Waals surface area (Å²) in [5, 5.41) is 26.2. The Morgan fingerprint density at radius 3 is 1.05 bits per heavy atom. The van der Waals surface area contributed by atoms with E-state index in [0.717, 1.165) is 53.1 Å². The summed E-state index contributed by atoms with van der Waals surface area (Å²) in [7, 11) is 64.9. The van der Waals surface area contributed by atoms with Crippen LogP contribution in [-0.4, -0.2) is 143 Å². The molecule has 2 aromatic rings. The molecule has 4 rings (SSSR count). The molecule has 2 saturated heterocycles. The number of alkyl halides is 2. The van der Waals surface area contributed by atoms with Gasteiger partial charge in [-0.15, -0.1) is 0 Å². The number of H-pyrrole nitrogens is 2. The SMILES string of the molecule is CC(CCCO)SSC(C)(C)C.S=S=S=S=S=S=S=S=S=S=S=S=S=S=S=S=S=S=S=S=S=S=S=S=S=S=S=S=S=S=S=S=S=S.[2H]CC1OC(n2ccc(=O)[nH]c2=O)C(F)C1O.[2H]CC1OC(n2ccc(=O)[nH]c2=O)C(F)C1OP(OCCCC(C)SSC(C)(C)C)N(C(C)C)C(C)C.[3H]OC.[3H]OC.[U].[U].[U].[U].[U].[U].[U].[U].[U].[U].[U].[U].[U]. The van der Waals surface area contributed by atoms with Crippen LogP contribution in [0.5, 0.6) is 0 Å². The smallest absolute Gasteiger partial charge is 0.330 e. The molecule has 6 N–H and O–H groups in total. The number of ether oxygens (including phenoxy) is 2. The number of aliphatic hydroxyl groups is 4. The maximum absolute atomic E-state index is 15.7. The molecule has 0 spiro atoms. The van der Waals surface area contributed by atoms with Crippen LogP contribution in [0, 0.1) is 404 Å². The summed E-state index contributed by atoms with van der Waals surface area (Å²) >= 11 is 9.59. The third kappa shape index (κ3) is 95.8. The van der Waals surface area contributed by atoms with Crippen LogP contribution in [-0.2, 0) is 325 Å². The van der Waals surface area contributed by atoms with Crippen molar-refractivity contribution in [1.82, 2.24) is 23.8 Å². The Morgan fingerprint density at radius 1 is 0.522 bits per heavy atom. The van der Waals surface area contributed by atoms with Crippen LogP contribution in [0.4, 0.5) is 8.78 Å². The van der Waals surface area contributed by atoms with Crippen molar-refractivity contribution in [3.63, 3.8) is 0 Å². The van der Waals surface area contributed by atoms with Gasteiger partial charge in [-0.05, 0) is 67.2 Å². The van der Waals surface area contributed by atoms with Crippen molar-refractivity contribution >= 4 is 358 Å². The van der Waals surface area contributed by atoms with Gasteiger partial charge in [-0.25, -0.2) is 23.0 Å². The summed E-state index contributed by atoms with van der Waals surface area (Å²) in [4.78, 5) is 50.0. The molecular weight excluding hydrogens is 5170 g/mol. The normalized spacial score (nSPS) is 16.8. The van der Waals surface area contributed by atoms with Crippen molar-refractivity contribution in [1.29, 1.82) is 2.86 Å². The van der Waals surface area contributed by atoms with Crippen LogP contribution in [0.15, 0.2) is 43.7 Å². The maximum Gasteiger partial charge on any atom is 0.330 e. The number of rotatable bonds is 19. The molecule has 4 heterocycles. The first-order valence-corrected chi connectivity index (χ1v) is 77.3. The average Bonchev–Trinajstić information content (AvgIpc) is 1.75. The van der Waals surface area contributed by atoms with Gasteiger partial charge >= 0.3 is 11.4 Å². The molecule has 2 aromatic heterocycles. The molecule has 71 heteroatoms. The molecule has 2 fully saturated rings. The van der Waals surface area contributed by atoms with Gasteiger partial charge in [0.2, 0.25) is 2.86 Å². The summed E-state index contributed by atoms with van der Waals surface area (Å²) < 4.78 is 83.6. The van der Waals surface area contributed by atoms with E-state index in [1.54, 1.807) is 107 Å². The molecule has 0 amide bonds. The summed E-state index contributed by atoms with van der Waals surface area (Å²) in [5.41, 5.74) is -2.77. The second kappa shape index (κ2) is 114. The Hall–Kier alpha value is 19.8. The van der Waals surface area contributed by atoms with Gasteiger partial charge in [0.05, 0.1) is 18.8 Å². The first kappa shape index (κ1) is 158. The van der Waals surface area contributed by atoms with E-state index in [-0.39, 0.29) is 435 Å². The zero-order valence-electron chi connectivity index (χ0n) is 66.4. The average molecular weight is 5260 g/mol. The summed E-state index contributed by atoms with van der Waals surface area (Å²) in [6.07, 6.45) is -4.40. The number of halogens is 2. The second-order valence-electron chi connectivity index (χ2n) is 20.1. The number of nitrogens with one attached hydrogen (secondary N) is 2. The van der Waals surface area contributed by atoms with Crippen molar-refractivity contribution in [2.75, 3.05) is 27.4 Å². The van der Waals surface area contributed by atoms with Crippen molar-refractivity contribution in [3.05, 3.63) is 66.2 Å². The Morgan fingerprint density at radius 2 is 0.800 bits per heavy atom. The second-order valence-corrected chi connectivity index (χ2v) is 85.1. The third-order valence-corrected chi connectivity index (χ3v) is 88.7. The Bertz CT molecular complexity index is 4660. The number of hydrogen-bond donors (Lipinski definition) is 6. The Kier molecular flexibility index (Phi) is 156. The molecular formula is C44H82F2N5O12PS38U13. The van der Waals surface area contributed by atoms with Gasteiger partial charge in [0.1, 0.15) is 12.2 Å². The van der Waals surface area contributed by atoms with Gasteiger partial charge < -0.3 is 39.0 Å². The van der Waals surface area contributed by atoms with E-state index in [2.05, 4.69) is 75.3 Å². The van der Waals surface area contributed by atoms with Crippen molar-refractivity contribution in [2.24, 2.45) is 0 Å². The quantitative estimate of drug-likeness (QED) is 0.0454. The van der Waals surface area contributed by atoms with Gasteiger partial charge in [-0.1, -0.05) is 98.6 Å². The zero-order valence-corrected chi connectivity index (χ0v) is 148. The first-order chi connectivity index (χ1) is 50.5. The van der Waals surface area contributed by atoms with E-state index in [1.807, 2.05) is 236 Å². The fourth-order valence-corrected chi connectivity index (χ4v) is 95.1. The van der Waals surface area contributed by atoms with E-state index < -0.39 is 80.2 Å². The van der Waals surface area contributed by atoms with Crippen molar-refractivity contribution in [3.8, 4) is 0 Å². The largest absolute Gasteiger partial charge is 0.400 e. The molecule has 2 aliphatic heterocycles. The molecule has 115 heavy (non-hydrogen) atoms. The van der Waals surface area contributed by atoms with E-state index in [9.17, 15) is 28.7 Å². The molecule has 0 radical (unpaired) electrons. The molecule has 0 aromatic carbocycles. The number of hydrogen-bond acceptors (Lipinski definition) is 19. The number of aliphatic hydroxyl groups excluding tert-OH is 4. The van der Waals surface area contributed by atoms with Crippen molar-refractivity contribution in [2.45, 2.75) is 204 Å². The molecule has 0 aliphatic carbocycles. The van der Waals surface area contributed by atoms with Gasteiger partial charge in [0, 0.05) is 791 Å². The van der Waals surface area contributed by atoms with Gasteiger partial charge in [0.15, 0.2) is 24.8 Å². The minimum Gasteiger partial charge on any atom is -0.400 e. The zero-order chi connectivity index (χ0) is 80.1. The minimum absolute atomic E-state index is 0. The van der Waals surface area contributed by atoms with Crippen LogP contribution in [0.1, 0.15) is 138 Å². The fourth-order valence-electron chi connectivity index (χ4n) is 6.24. The standard InChI is InChI=1S/C24H43FN3O5PS2.C9H11FN2O4.C9H20OS2.2CH4O.S34.13U/c1-15(2)28(16(3)4)34(31-14-10-11-17(5)35-36-24(7,8)9)33-21-18(6)32-22(20(21)25)27-13-12-19(29)26-23(27)30;1-4-7(14)6(10)8(16-4)12-3-2-5(13)11-9(12)15;1-8(6-5-7-10)11-12-9(2,3)4;2*1-2;1-3-5-7-9-11-13-15-17-19-21-23-25-27-29-31-33-34-32-30-28-26-24-22-20-18-16-14-12-10-8-6-4-2;;;;;;;;;;;;;/h12-13,15-18,20-22H,10-11,14H2,1-9H3,(H,26,29,30);2-4,6-8,14H,1H3,(H,11,13,15);8,10H,5-7H2,1-4H3;2*2H,1H3;;;;;;;;;;;;;;/i6D;1D;;2*2T;;;;;;;;;;;;;;. The van der Waals surface area contributed by atoms with Crippen LogP contribution < -0.4 is 22.5 Å². The van der Waals surface area contributed by atoms with Crippen LogP contribution in [0.2, 0.25) is 0 Å². The Labute approximate surface area is 1110 Å². The number of aromatic nitrogens is 4. The summed E-state index contributed by atoms with van der Waals surface area (Å²) in [6.45, 7) is 26.1. The summed E-state index contributed by atoms with van der Waals surface area (Å²) in [6, 6.07) is 2.35. The predicted molar refractivity (Wildman–Crippen MR) is 529 cm³/mol. The monoisotopic (exact) mass is 5260 g/mol. The topological polar surface area (TPSA) is 231 Å². The maximum atomic E-state index is 15.7. The fraction of sp³-hybridized carbons (Fsp3) is 0.818. The first-order valence-electron chi connectivity index (χ1n) is 30.0. The van der Waals surface area contributed by atoms with E-state index in [1.165, 1.54) is 38.2 Å². The van der Waals surface area contributed by atoms with Crippen LogP contribution in [0.25, 0.3) is 0 Å². The molecule has 11 atom stereocenters. The van der Waals surface area contributed by atoms with Gasteiger partial charge in [0.25, 0.3) is 19.6 Å². The molecule has 0 bridgehead atoms. The van der Waals surface area contributed by atoms with Crippen molar-refractivity contribution < 1.29 is 455 Å². The van der Waals surface area contributed by atoms with Gasteiger partial charge in [-0.2, -0.15) is 0 Å². The van der Waals surface area contributed by atoms with E-state index in [4.69, 9.17) is 51.6 Å². The third-order valence-electron chi connectivity index (χ3n) is 9.78. The van der Waals surface area contributed by atoms with E-state index >= 15 is 4.39 Å². The molecule has 17 nitrogen and oxygen atoms in total. The van der Waals surface area contributed by atoms with Gasteiger partial charge in [-0.3, -0.25) is 28.7 Å². The molecule has 0 saturated carbocycles. The van der Waals surface area contributed by atoms with Crippen LogP contribution in [0.3, 0.4) is 0 Å². The predicted octanol–water partition coefficient (Wildman–Crippen LogP) is 7.50. The molecule has 654 valence electrons.